The zero-order valence-corrected chi connectivity index (χ0v) is 25.4. The normalized spacial score (nSPS) is 14.8. The molecule has 6 nitrogen and oxygen atoms in total. The van der Waals surface area contributed by atoms with Crippen LogP contribution in [-0.4, -0.2) is 37.4 Å². The van der Waals surface area contributed by atoms with E-state index in [0.717, 1.165) is 48.3 Å². The number of ether oxygens (including phenoxy) is 5. The van der Waals surface area contributed by atoms with Crippen LogP contribution in [0.15, 0.2) is 48.5 Å². The largest absolute Gasteiger partial charge is 0.465 e. The molecule has 0 aromatic heterocycles. The van der Waals surface area contributed by atoms with Crippen LogP contribution in [0.3, 0.4) is 0 Å². The number of hydrogen-bond acceptors (Lipinski definition) is 6. The van der Waals surface area contributed by atoms with E-state index in [0.29, 0.717) is 26.1 Å². The molecule has 0 aliphatic rings. The Labute approximate surface area is 236 Å². The fourth-order valence-corrected chi connectivity index (χ4v) is 4.24. The summed E-state index contributed by atoms with van der Waals surface area (Å²) in [6.07, 6.45) is 4.45. The van der Waals surface area contributed by atoms with Crippen LogP contribution < -0.4 is 9.47 Å². The first-order valence-electron chi connectivity index (χ1n) is 14.5. The fourth-order valence-electron chi connectivity index (χ4n) is 4.24. The topological polar surface area (TPSA) is 63.2 Å². The van der Waals surface area contributed by atoms with Crippen molar-refractivity contribution < 1.29 is 28.5 Å². The van der Waals surface area contributed by atoms with Crippen LogP contribution in [0.4, 0.5) is 0 Å². The summed E-state index contributed by atoms with van der Waals surface area (Å²) in [5.74, 6) is 1.29. The van der Waals surface area contributed by atoms with Crippen molar-refractivity contribution in [3.63, 3.8) is 0 Å². The Morgan fingerprint density at radius 2 is 1.13 bits per heavy atom. The molecule has 6 heteroatoms. The van der Waals surface area contributed by atoms with Crippen molar-refractivity contribution in [2.45, 2.75) is 118 Å². The minimum atomic E-state index is -0.517. The zero-order valence-electron chi connectivity index (χ0n) is 25.4. The summed E-state index contributed by atoms with van der Waals surface area (Å²) in [6.45, 7) is 17.3. The standard InChI is InChI=1S/C33H50O6/c1-9-11-23-35-25(3)37-29-17-13-27(14-18-29)33(8,22-21-31(34)39-32(5,6)7)28-15-19-30(20-16-28)38-26(4)36-24-12-10-2/h13-20,25-26H,9-12,21-24H2,1-8H3. The average Bonchev–Trinajstić information content (AvgIpc) is 2.87. The monoisotopic (exact) mass is 542 g/mol. The molecule has 39 heavy (non-hydrogen) atoms. The third-order valence-electron chi connectivity index (χ3n) is 6.54. The Morgan fingerprint density at radius 3 is 1.49 bits per heavy atom. The van der Waals surface area contributed by atoms with E-state index in [1.54, 1.807) is 0 Å². The molecule has 0 aliphatic heterocycles. The zero-order chi connectivity index (χ0) is 28.9. The summed E-state index contributed by atoms with van der Waals surface area (Å²) in [4.78, 5) is 12.6. The van der Waals surface area contributed by atoms with Crippen molar-refractivity contribution in [2.75, 3.05) is 13.2 Å². The Hall–Kier alpha value is -2.57. The van der Waals surface area contributed by atoms with Crippen molar-refractivity contribution in [3.05, 3.63) is 59.7 Å². The second-order valence-electron chi connectivity index (χ2n) is 11.3. The van der Waals surface area contributed by atoms with Gasteiger partial charge in [0.2, 0.25) is 0 Å². The summed E-state index contributed by atoms with van der Waals surface area (Å²) in [5.41, 5.74) is 1.23. The molecule has 218 valence electrons. The third kappa shape index (κ3) is 11.6. The van der Waals surface area contributed by atoms with Crippen molar-refractivity contribution in [3.8, 4) is 11.5 Å². The van der Waals surface area contributed by atoms with E-state index < -0.39 is 11.0 Å². The van der Waals surface area contributed by atoms with Gasteiger partial charge in [0.05, 0.1) is 13.2 Å². The maximum absolute atomic E-state index is 12.6. The van der Waals surface area contributed by atoms with Gasteiger partial charge in [-0.3, -0.25) is 4.79 Å². The van der Waals surface area contributed by atoms with Crippen molar-refractivity contribution >= 4 is 5.97 Å². The number of carbonyl (C=O) groups is 1. The lowest BCUT2D eigenvalue weighted by Gasteiger charge is -2.32. The number of hydrogen-bond donors (Lipinski definition) is 0. The Kier molecular flexibility index (Phi) is 13.3. The summed E-state index contributed by atoms with van der Waals surface area (Å²) in [6, 6.07) is 16.1. The predicted molar refractivity (Wildman–Crippen MR) is 156 cm³/mol. The molecule has 2 unspecified atom stereocenters. The van der Waals surface area contributed by atoms with Gasteiger partial charge in [0.15, 0.2) is 12.6 Å². The summed E-state index contributed by atoms with van der Waals surface area (Å²) in [7, 11) is 0. The molecule has 0 aliphatic carbocycles. The first-order chi connectivity index (χ1) is 18.5. The van der Waals surface area contributed by atoms with Gasteiger partial charge in [-0.05, 0) is 89.3 Å². The summed E-state index contributed by atoms with van der Waals surface area (Å²) in [5, 5.41) is 0. The maximum atomic E-state index is 12.6. The molecule has 2 atom stereocenters. The molecule has 0 amide bonds. The Morgan fingerprint density at radius 1 is 0.718 bits per heavy atom. The summed E-state index contributed by atoms with van der Waals surface area (Å²) < 4.78 is 29.0. The average molecular weight is 543 g/mol. The molecule has 2 aromatic carbocycles. The second-order valence-corrected chi connectivity index (χ2v) is 11.3. The molecule has 0 N–H and O–H groups in total. The van der Waals surface area contributed by atoms with E-state index in [4.69, 9.17) is 23.7 Å². The van der Waals surface area contributed by atoms with Crippen LogP contribution in [0.25, 0.3) is 0 Å². The number of unbranched alkanes of at least 4 members (excludes halogenated alkanes) is 2. The Balaban J connectivity index is 2.22. The van der Waals surface area contributed by atoms with E-state index in [2.05, 4.69) is 45.0 Å². The van der Waals surface area contributed by atoms with Crippen molar-refractivity contribution in [1.29, 1.82) is 0 Å². The molecule has 0 radical (unpaired) electrons. The van der Waals surface area contributed by atoms with E-state index in [-0.39, 0.29) is 18.5 Å². The highest BCUT2D eigenvalue weighted by Gasteiger charge is 2.31. The van der Waals surface area contributed by atoms with Gasteiger partial charge in [-0.15, -0.1) is 0 Å². The highest BCUT2D eigenvalue weighted by molar-refractivity contribution is 5.70. The molecule has 2 rings (SSSR count). The van der Waals surface area contributed by atoms with Crippen molar-refractivity contribution in [1.82, 2.24) is 0 Å². The van der Waals surface area contributed by atoms with Gasteiger partial charge in [0.25, 0.3) is 0 Å². The molecule has 2 aromatic rings. The van der Waals surface area contributed by atoms with Crippen LogP contribution in [0.1, 0.15) is 105 Å². The number of carbonyl (C=O) groups excluding carboxylic acids is 1. The number of benzene rings is 2. The summed E-state index contributed by atoms with van der Waals surface area (Å²) >= 11 is 0. The number of esters is 1. The van der Waals surface area contributed by atoms with Gasteiger partial charge in [-0.2, -0.15) is 0 Å². The molecule has 0 saturated heterocycles. The van der Waals surface area contributed by atoms with Crippen LogP contribution in [-0.2, 0) is 24.4 Å². The minimum absolute atomic E-state index is 0.204. The molecular formula is C33H50O6. The molecular weight excluding hydrogens is 492 g/mol. The van der Waals surface area contributed by atoms with E-state index >= 15 is 0 Å². The molecule has 0 heterocycles. The van der Waals surface area contributed by atoms with E-state index in [1.165, 1.54) is 0 Å². The van der Waals surface area contributed by atoms with Gasteiger partial charge in [-0.25, -0.2) is 0 Å². The van der Waals surface area contributed by atoms with Gasteiger partial charge >= 0.3 is 5.97 Å². The van der Waals surface area contributed by atoms with Crippen LogP contribution in [0.5, 0.6) is 11.5 Å². The predicted octanol–water partition coefficient (Wildman–Crippen LogP) is 8.20. The first-order valence-corrected chi connectivity index (χ1v) is 14.5. The lowest BCUT2D eigenvalue weighted by molar-refractivity contribution is -0.155. The van der Waals surface area contributed by atoms with Gasteiger partial charge in [0.1, 0.15) is 17.1 Å². The second kappa shape index (κ2) is 15.9. The van der Waals surface area contributed by atoms with Gasteiger partial charge < -0.3 is 23.7 Å². The molecule has 0 bridgehead atoms. The highest BCUT2D eigenvalue weighted by atomic mass is 16.7. The van der Waals surface area contributed by atoms with Crippen LogP contribution in [0, 0.1) is 0 Å². The van der Waals surface area contributed by atoms with Gasteiger partial charge in [-0.1, -0.05) is 57.9 Å². The third-order valence-corrected chi connectivity index (χ3v) is 6.54. The first kappa shape index (κ1) is 32.6. The molecule has 0 fully saturated rings. The minimum Gasteiger partial charge on any atom is -0.465 e. The maximum Gasteiger partial charge on any atom is 0.306 e. The van der Waals surface area contributed by atoms with E-state index in [1.807, 2.05) is 58.9 Å². The SMILES string of the molecule is CCCCOC(C)Oc1ccc(C(C)(CCC(=O)OC(C)(C)C)c2ccc(OC(C)OCCCC)cc2)cc1. The lowest BCUT2D eigenvalue weighted by atomic mass is 9.73. The molecule has 0 saturated carbocycles. The highest BCUT2D eigenvalue weighted by Crippen LogP contribution is 2.38. The van der Waals surface area contributed by atoms with Crippen LogP contribution >= 0.6 is 0 Å². The number of rotatable bonds is 17. The lowest BCUT2D eigenvalue weighted by Crippen LogP contribution is -2.28. The fraction of sp³-hybridized carbons (Fsp3) is 0.606. The quantitative estimate of drug-likeness (QED) is 0.114. The smallest absolute Gasteiger partial charge is 0.306 e. The Bertz CT molecular complexity index is 900. The van der Waals surface area contributed by atoms with Crippen molar-refractivity contribution in [2.24, 2.45) is 0 Å². The van der Waals surface area contributed by atoms with Gasteiger partial charge in [0, 0.05) is 11.8 Å². The van der Waals surface area contributed by atoms with E-state index in [9.17, 15) is 4.79 Å². The van der Waals surface area contributed by atoms with Crippen LogP contribution in [0.2, 0.25) is 0 Å². The molecule has 0 spiro atoms.